The number of ether oxygens (including phenoxy) is 3. The smallest absolute Gasteiger partial charge is 0.338 e. The Morgan fingerprint density at radius 3 is 2.22 bits per heavy atom. The molecule has 1 saturated heterocycles. The van der Waals surface area contributed by atoms with E-state index in [1.165, 1.54) is 24.3 Å². The Balaban J connectivity index is 1.57. The number of benzene rings is 3. The summed E-state index contributed by atoms with van der Waals surface area (Å²) in [6.07, 6.45) is -8.28. The lowest BCUT2D eigenvalue weighted by Crippen LogP contribution is -2.59. The summed E-state index contributed by atoms with van der Waals surface area (Å²) in [5.41, 5.74) is 1.77. The van der Waals surface area contributed by atoms with Gasteiger partial charge in [0.25, 0.3) is 10.1 Å². The molecule has 1 N–H and O–H groups in total. The Morgan fingerprint density at radius 1 is 0.946 bits per heavy atom. The van der Waals surface area contributed by atoms with Crippen molar-refractivity contribution >= 4 is 16.1 Å². The fourth-order valence-electron chi connectivity index (χ4n) is 3.81. The van der Waals surface area contributed by atoms with E-state index in [9.17, 15) is 18.3 Å². The number of esters is 1. The molecular weight excluding hydrogens is 503 g/mol. The maximum Gasteiger partial charge on any atom is 0.338 e. The van der Waals surface area contributed by atoms with Gasteiger partial charge in [0.15, 0.2) is 18.6 Å². The van der Waals surface area contributed by atoms with E-state index in [4.69, 9.17) is 18.4 Å². The van der Waals surface area contributed by atoms with Gasteiger partial charge in [0.05, 0.1) is 23.7 Å². The van der Waals surface area contributed by atoms with E-state index >= 15 is 4.39 Å². The van der Waals surface area contributed by atoms with Gasteiger partial charge in [-0.2, -0.15) is 8.42 Å². The summed E-state index contributed by atoms with van der Waals surface area (Å²) in [7, 11) is -4.22. The number of carbonyl (C=O) groups is 1. The van der Waals surface area contributed by atoms with Crippen molar-refractivity contribution in [3.05, 3.63) is 102 Å². The van der Waals surface area contributed by atoms with Crippen LogP contribution in [0, 0.1) is 6.92 Å². The van der Waals surface area contributed by atoms with Crippen LogP contribution in [-0.2, 0) is 35.1 Å². The topological polar surface area (TPSA) is 108 Å². The molecule has 1 heterocycles. The molecule has 0 spiro atoms. The van der Waals surface area contributed by atoms with Gasteiger partial charge in [-0.3, -0.25) is 4.18 Å². The second kappa shape index (κ2) is 11.9. The molecule has 10 heteroatoms. The Morgan fingerprint density at radius 2 is 1.57 bits per heavy atom. The van der Waals surface area contributed by atoms with Crippen LogP contribution in [0.3, 0.4) is 0 Å². The number of alkyl halides is 1. The van der Waals surface area contributed by atoms with E-state index in [0.29, 0.717) is 0 Å². The van der Waals surface area contributed by atoms with Gasteiger partial charge < -0.3 is 19.3 Å². The summed E-state index contributed by atoms with van der Waals surface area (Å²) < 4.78 is 62.4. The van der Waals surface area contributed by atoms with Gasteiger partial charge in [-0.15, -0.1) is 0 Å². The predicted molar refractivity (Wildman–Crippen MR) is 131 cm³/mol. The van der Waals surface area contributed by atoms with Gasteiger partial charge >= 0.3 is 5.97 Å². The van der Waals surface area contributed by atoms with Gasteiger partial charge in [-0.1, -0.05) is 66.2 Å². The van der Waals surface area contributed by atoms with Crippen LogP contribution in [0.1, 0.15) is 21.5 Å². The first kappa shape index (κ1) is 26.9. The third-order valence-electron chi connectivity index (χ3n) is 5.83. The molecule has 3 aromatic rings. The largest absolute Gasteiger partial charge is 0.453 e. The lowest BCUT2D eigenvalue weighted by molar-refractivity contribution is -0.279. The molecule has 196 valence electrons. The van der Waals surface area contributed by atoms with E-state index in [1.54, 1.807) is 54.6 Å². The lowest BCUT2D eigenvalue weighted by Gasteiger charge is -2.41. The van der Waals surface area contributed by atoms with Crippen molar-refractivity contribution < 1.29 is 41.1 Å². The monoisotopic (exact) mass is 530 g/mol. The summed E-state index contributed by atoms with van der Waals surface area (Å²) in [6, 6.07) is 22.9. The molecule has 37 heavy (non-hydrogen) atoms. The highest BCUT2D eigenvalue weighted by molar-refractivity contribution is 7.86. The first-order valence-electron chi connectivity index (χ1n) is 11.6. The van der Waals surface area contributed by atoms with Crippen LogP contribution in [0.2, 0.25) is 0 Å². The van der Waals surface area contributed by atoms with E-state index in [2.05, 4.69) is 0 Å². The highest BCUT2D eigenvalue weighted by Gasteiger charge is 2.49. The average molecular weight is 531 g/mol. The van der Waals surface area contributed by atoms with E-state index < -0.39 is 53.5 Å². The van der Waals surface area contributed by atoms with E-state index in [1.807, 2.05) is 13.0 Å². The number of aliphatic hydroxyl groups is 1. The second-order valence-electron chi connectivity index (χ2n) is 8.56. The molecule has 0 saturated carbocycles. The minimum Gasteiger partial charge on any atom is -0.453 e. The zero-order chi connectivity index (χ0) is 26.4. The van der Waals surface area contributed by atoms with Crippen molar-refractivity contribution in [2.45, 2.75) is 49.2 Å². The van der Waals surface area contributed by atoms with E-state index in [-0.39, 0.29) is 17.1 Å². The molecule has 0 aliphatic carbocycles. The van der Waals surface area contributed by atoms with Crippen LogP contribution in [-0.4, -0.2) is 56.9 Å². The number of aryl methyl sites for hydroxylation is 1. The third kappa shape index (κ3) is 6.79. The second-order valence-corrected chi connectivity index (χ2v) is 10.2. The molecule has 0 bridgehead atoms. The quantitative estimate of drug-likeness (QED) is 0.331. The van der Waals surface area contributed by atoms with Gasteiger partial charge in [-0.25, -0.2) is 9.18 Å². The standard InChI is InChI=1S/C27H27FO8S/c1-18-12-14-21(15-13-18)37(31,32)34-17-22-24(36-26(29)20-10-6-3-7-11-20)25(23(28)27(30)35-22)33-16-19-8-4-2-5-9-19/h2-15,22-25,27,30H,16-17H2,1H3/t22-,23-,24-,25-,27?/m1/s1. The van der Waals surface area contributed by atoms with Crippen molar-refractivity contribution in [2.75, 3.05) is 6.61 Å². The highest BCUT2D eigenvalue weighted by Crippen LogP contribution is 2.30. The average Bonchev–Trinajstić information content (AvgIpc) is 2.91. The number of hydrogen-bond donors (Lipinski definition) is 1. The summed E-state index contributed by atoms with van der Waals surface area (Å²) >= 11 is 0. The van der Waals surface area contributed by atoms with Crippen LogP contribution in [0.5, 0.6) is 0 Å². The van der Waals surface area contributed by atoms with Gasteiger partial charge in [0, 0.05) is 0 Å². The zero-order valence-corrected chi connectivity index (χ0v) is 20.8. The molecule has 0 amide bonds. The predicted octanol–water partition coefficient (Wildman–Crippen LogP) is 3.57. The molecular formula is C27H27FO8S. The normalized spacial score (nSPS) is 23.9. The van der Waals surface area contributed by atoms with Crippen molar-refractivity contribution in [2.24, 2.45) is 0 Å². The summed E-state index contributed by atoms with van der Waals surface area (Å²) in [5, 5.41) is 10.2. The van der Waals surface area contributed by atoms with Crippen LogP contribution in [0.25, 0.3) is 0 Å². The summed E-state index contributed by atoms with van der Waals surface area (Å²) in [5.74, 6) is -0.794. The molecule has 3 aromatic carbocycles. The van der Waals surface area contributed by atoms with Gasteiger partial charge in [-0.05, 0) is 36.8 Å². The maximum atomic E-state index is 15.1. The Labute approximate surface area is 214 Å². The summed E-state index contributed by atoms with van der Waals surface area (Å²) in [4.78, 5) is 12.8. The Hall–Kier alpha value is -3.15. The molecule has 1 aliphatic rings. The minimum absolute atomic E-state index is 0.0483. The molecule has 5 atom stereocenters. The molecule has 4 rings (SSSR count). The first-order chi connectivity index (χ1) is 17.7. The lowest BCUT2D eigenvalue weighted by atomic mass is 9.99. The van der Waals surface area contributed by atoms with Crippen LogP contribution >= 0.6 is 0 Å². The van der Waals surface area contributed by atoms with Crippen molar-refractivity contribution in [1.29, 1.82) is 0 Å². The van der Waals surface area contributed by atoms with Crippen molar-refractivity contribution in [1.82, 2.24) is 0 Å². The van der Waals surface area contributed by atoms with Crippen LogP contribution < -0.4 is 0 Å². The number of aliphatic hydroxyl groups excluding tert-OH is 1. The number of rotatable bonds is 9. The van der Waals surface area contributed by atoms with Crippen molar-refractivity contribution in [3.63, 3.8) is 0 Å². The first-order valence-corrected chi connectivity index (χ1v) is 13.0. The van der Waals surface area contributed by atoms with Crippen LogP contribution in [0.15, 0.2) is 89.8 Å². The zero-order valence-electron chi connectivity index (χ0n) is 20.0. The van der Waals surface area contributed by atoms with Gasteiger partial charge in [0.2, 0.25) is 0 Å². The fraction of sp³-hybridized carbons (Fsp3) is 0.296. The Kier molecular flexibility index (Phi) is 8.67. The van der Waals surface area contributed by atoms with Crippen LogP contribution in [0.4, 0.5) is 4.39 Å². The fourth-order valence-corrected chi connectivity index (χ4v) is 4.73. The molecule has 0 radical (unpaired) electrons. The Bertz CT molecular complexity index is 1270. The number of carbonyl (C=O) groups excluding carboxylic acids is 1. The number of hydrogen-bond acceptors (Lipinski definition) is 8. The molecule has 8 nitrogen and oxygen atoms in total. The molecule has 0 aromatic heterocycles. The minimum atomic E-state index is -4.22. The third-order valence-corrected chi connectivity index (χ3v) is 7.12. The summed E-state index contributed by atoms with van der Waals surface area (Å²) in [6.45, 7) is 1.11. The highest BCUT2D eigenvalue weighted by atomic mass is 32.2. The van der Waals surface area contributed by atoms with E-state index in [0.717, 1.165) is 11.1 Å². The number of halogens is 1. The SMILES string of the molecule is Cc1ccc(S(=O)(=O)OC[C@H]2OC(O)[C@H](F)[C@@H](OCc3ccccc3)[C@@H]2OC(=O)c2ccccc2)cc1. The molecule has 1 fully saturated rings. The maximum absolute atomic E-state index is 15.1. The van der Waals surface area contributed by atoms with Gasteiger partial charge in [0.1, 0.15) is 12.2 Å². The molecule has 1 aliphatic heterocycles. The van der Waals surface area contributed by atoms with Crippen molar-refractivity contribution in [3.8, 4) is 0 Å². The molecule has 1 unspecified atom stereocenters.